The number of methoxy groups -OCH3 is 2. The van der Waals surface area contributed by atoms with Crippen LogP contribution in [0.1, 0.15) is 20.8 Å². The van der Waals surface area contributed by atoms with E-state index in [1.807, 2.05) is 42.5 Å². The summed E-state index contributed by atoms with van der Waals surface area (Å²) >= 11 is 1.49. The summed E-state index contributed by atoms with van der Waals surface area (Å²) in [5.41, 5.74) is 2.98. The summed E-state index contributed by atoms with van der Waals surface area (Å²) in [5, 5.41) is 2.97. The molecular weight excluding hydrogens is 362 g/mol. The first-order valence-corrected chi connectivity index (χ1v) is 9.35. The Morgan fingerprint density at radius 2 is 2.00 bits per heavy atom. The highest BCUT2D eigenvalue weighted by Gasteiger charge is 2.22. The van der Waals surface area contributed by atoms with E-state index in [0.29, 0.717) is 29.5 Å². The fourth-order valence-electron chi connectivity index (χ4n) is 3.07. The smallest absolute Gasteiger partial charge is 0.261 e. The number of hydrogen-bond donors (Lipinski definition) is 1. The van der Waals surface area contributed by atoms with E-state index in [1.165, 1.54) is 11.3 Å². The van der Waals surface area contributed by atoms with Crippen LogP contribution in [0.2, 0.25) is 0 Å². The van der Waals surface area contributed by atoms with Crippen LogP contribution < -0.4 is 19.5 Å². The Bertz CT molecular complexity index is 996. The summed E-state index contributed by atoms with van der Waals surface area (Å²) in [6.07, 6.45) is 0. The summed E-state index contributed by atoms with van der Waals surface area (Å²) in [6.45, 7) is 0.865. The van der Waals surface area contributed by atoms with Crippen LogP contribution in [0, 0.1) is 0 Å². The molecule has 4 rings (SSSR count). The Kier molecular flexibility index (Phi) is 4.73. The number of fused-ring (bicyclic) bond motifs is 3. The first-order chi connectivity index (χ1) is 13.2. The molecule has 0 spiro atoms. The van der Waals surface area contributed by atoms with Gasteiger partial charge in [0.1, 0.15) is 23.9 Å². The molecule has 3 aromatic rings. The molecule has 2 aromatic carbocycles. The quantitative estimate of drug-likeness (QED) is 0.718. The minimum Gasteiger partial charge on any atom is -0.497 e. The number of nitrogens with one attached hydrogen (secondary N) is 1. The minimum atomic E-state index is -0.107. The molecule has 2 heterocycles. The number of amides is 1. The number of carbonyl (C=O) groups excluding carboxylic acids is 1. The van der Waals surface area contributed by atoms with Gasteiger partial charge >= 0.3 is 0 Å². The van der Waals surface area contributed by atoms with Gasteiger partial charge in [0.2, 0.25) is 0 Å². The van der Waals surface area contributed by atoms with Crippen LogP contribution in [0.3, 0.4) is 0 Å². The first kappa shape index (κ1) is 17.4. The van der Waals surface area contributed by atoms with E-state index >= 15 is 0 Å². The highest BCUT2D eigenvalue weighted by molar-refractivity contribution is 7.17. The van der Waals surface area contributed by atoms with E-state index in [9.17, 15) is 4.79 Å². The van der Waals surface area contributed by atoms with E-state index < -0.39 is 0 Å². The molecule has 1 amide bonds. The van der Waals surface area contributed by atoms with Gasteiger partial charge in [-0.05, 0) is 30.3 Å². The summed E-state index contributed by atoms with van der Waals surface area (Å²) in [7, 11) is 3.21. The number of thiophene rings is 1. The average molecular weight is 381 g/mol. The molecular formula is C21H19NO4S. The number of benzene rings is 2. The van der Waals surface area contributed by atoms with Crippen molar-refractivity contribution in [3.8, 4) is 27.7 Å². The van der Waals surface area contributed by atoms with Gasteiger partial charge in [-0.15, -0.1) is 11.3 Å². The summed E-state index contributed by atoms with van der Waals surface area (Å²) in [6, 6.07) is 15.4. The zero-order valence-corrected chi connectivity index (χ0v) is 15.9. The molecule has 1 aliphatic rings. The second kappa shape index (κ2) is 7.32. The molecule has 0 saturated carbocycles. The largest absolute Gasteiger partial charge is 0.497 e. The van der Waals surface area contributed by atoms with E-state index in [1.54, 1.807) is 20.3 Å². The fraction of sp³-hybridized carbons (Fsp3) is 0.190. The van der Waals surface area contributed by atoms with Crippen molar-refractivity contribution in [1.29, 1.82) is 0 Å². The average Bonchev–Trinajstić information content (AvgIpc) is 3.17. The molecule has 1 aliphatic heterocycles. The molecule has 0 radical (unpaired) electrons. The Labute approximate surface area is 161 Å². The molecule has 0 fully saturated rings. The molecule has 0 bridgehead atoms. The SMILES string of the molecule is COc1ccc(CNC(=O)c2cc3c(s2)-c2ccccc2OC3)c(OC)c1. The second-order valence-electron chi connectivity index (χ2n) is 6.11. The number of rotatable bonds is 5. The minimum absolute atomic E-state index is 0.107. The van der Waals surface area contributed by atoms with E-state index in [-0.39, 0.29) is 5.91 Å². The topological polar surface area (TPSA) is 56.8 Å². The van der Waals surface area contributed by atoms with Crippen molar-refractivity contribution in [2.24, 2.45) is 0 Å². The lowest BCUT2D eigenvalue weighted by Crippen LogP contribution is -2.22. The van der Waals surface area contributed by atoms with Crippen molar-refractivity contribution in [2.45, 2.75) is 13.2 Å². The highest BCUT2D eigenvalue weighted by atomic mass is 32.1. The molecule has 0 aliphatic carbocycles. The lowest BCUT2D eigenvalue weighted by atomic mass is 10.1. The van der Waals surface area contributed by atoms with Gasteiger partial charge in [0.05, 0.1) is 19.1 Å². The number of hydrogen-bond acceptors (Lipinski definition) is 5. The van der Waals surface area contributed by atoms with Gasteiger partial charge in [0.15, 0.2) is 0 Å². The van der Waals surface area contributed by atoms with Gasteiger partial charge in [-0.25, -0.2) is 0 Å². The number of carbonyl (C=O) groups is 1. The van der Waals surface area contributed by atoms with Gasteiger partial charge in [0, 0.05) is 34.2 Å². The van der Waals surface area contributed by atoms with Crippen LogP contribution in [-0.4, -0.2) is 20.1 Å². The van der Waals surface area contributed by atoms with E-state index in [0.717, 1.165) is 27.3 Å². The normalized spacial score (nSPS) is 11.8. The monoisotopic (exact) mass is 381 g/mol. The Morgan fingerprint density at radius 1 is 1.15 bits per heavy atom. The van der Waals surface area contributed by atoms with Crippen molar-refractivity contribution in [3.63, 3.8) is 0 Å². The third-order valence-electron chi connectivity index (χ3n) is 4.48. The van der Waals surface area contributed by atoms with Gasteiger partial charge < -0.3 is 19.5 Å². The van der Waals surface area contributed by atoms with Gasteiger partial charge in [-0.1, -0.05) is 12.1 Å². The molecule has 5 nitrogen and oxygen atoms in total. The second-order valence-corrected chi connectivity index (χ2v) is 7.16. The van der Waals surface area contributed by atoms with Crippen molar-refractivity contribution in [1.82, 2.24) is 5.32 Å². The van der Waals surface area contributed by atoms with Crippen LogP contribution in [0.25, 0.3) is 10.4 Å². The van der Waals surface area contributed by atoms with Crippen LogP contribution in [-0.2, 0) is 13.2 Å². The Balaban J connectivity index is 1.52. The van der Waals surface area contributed by atoms with Gasteiger partial charge in [0.25, 0.3) is 5.91 Å². The molecule has 138 valence electrons. The van der Waals surface area contributed by atoms with E-state index in [4.69, 9.17) is 14.2 Å². The maximum absolute atomic E-state index is 12.7. The zero-order chi connectivity index (χ0) is 18.8. The molecule has 6 heteroatoms. The molecule has 27 heavy (non-hydrogen) atoms. The predicted molar refractivity (Wildman–Crippen MR) is 105 cm³/mol. The third kappa shape index (κ3) is 3.36. The van der Waals surface area contributed by atoms with Crippen LogP contribution in [0.15, 0.2) is 48.5 Å². The Morgan fingerprint density at radius 3 is 2.81 bits per heavy atom. The van der Waals surface area contributed by atoms with Crippen LogP contribution >= 0.6 is 11.3 Å². The van der Waals surface area contributed by atoms with Gasteiger partial charge in [-0.2, -0.15) is 0 Å². The highest BCUT2D eigenvalue weighted by Crippen LogP contribution is 2.42. The summed E-state index contributed by atoms with van der Waals surface area (Å²) < 4.78 is 16.4. The molecule has 1 aromatic heterocycles. The number of para-hydroxylation sites is 1. The van der Waals surface area contributed by atoms with Crippen molar-refractivity contribution >= 4 is 17.2 Å². The van der Waals surface area contributed by atoms with Crippen LogP contribution in [0.5, 0.6) is 17.2 Å². The molecule has 0 atom stereocenters. The van der Waals surface area contributed by atoms with Crippen molar-refractivity contribution < 1.29 is 19.0 Å². The maximum atomic E-state index is 12.7. The summed E-state index contributed by atoms with van der Waals surface area (Å²) in [4.78, 5) is 14.4. The van der Waals surface area contributed by atoms with Gasteiger partial charge in [-0.3, -0.25) is 4.79 Å². The lowest BCUT2D eigenvalue weighted by molar-refractivity contribution is 0.0954. The lowest BCUT2D eigenvalue weighted by Gasteiger charge is -2.16. The third-order valence-corrected chi connectivity index (χ3v) is 5.69. The standard InChI is InChI=1S/C21H19NO4S/c1-24-15-8-7-13(18(10-15)25-2)11-22-21(23)19-9-14-12-26-17-6-4-3-5-16(17)20(14)27-19/h3-10H,11-12H2,1-2H3,(H,22,23). The number of ether oxygens (including phenoxy) is 3. The predicted octanol–water partition coefficient (Wildman–Crippen LogP) is 4.25. The molecule has 0 unspecified atom stereocenters. The molecule has 1 N–H and O–H groups in total. The Hall–Kier alpha value is -2.99. The van der Waals surface area contributed by atoms with Crippen LogP contribution in [0.4, 0.5) is 0 Å². The van der Waals surface area contributed by atoms with Crippen molar-refractivity contribution in [2.75, 3.05) is 14.2 Å². The molecule has 0 saturated heterocycles. The zero-order valence-electron chi connectivity index (χ0n) is 15.1. The summed E-state index contributed by atoms with van der Waals surface area (Å²) in [5.74, 6) is 2.15. The maximum Gasteiger partial charge on any atom is 0.261 e. The fourth-order valence-corrected chi connectivity index (χ4v) is 4.19. The first-order valence-electron chi connectivity index (χ1n) is 8.53. The van der Waals surface area contributed by atoms with E-state index in [2.05, 4.69) is 5.32 Å². The van der Waals surface area contributed by atoms with Crippen molar-refractivity contribution in [3.05, 3.63) is 64.5 Å².